The van der Waals surface area contributed by atoms with E-state index in [0.717, 1.165) is 32.5 Å². The fourth-order valence-corrected chi connectivity index (χ4v) is 1.97. The maximum atomic E-state index is 11.6. The van der Waals surface area contributed by atoms with E-state index in [1.54, 1.807) is 0 Å². The molecule has 2 rings (SSSR count). The molecule has 1 heterocycles. The van der Waals surface area contributed by atoms with Crippen molar-refractivity contribution in [1.29, 1.82) is 0 Å². The third-order valence-corrected chi connectivity index (χ3v) is 2.99. The summed E-state index contributed by atoms with van der Waals surface area (Å²) in [6.45, 7) is 4.97. The number of amides is 3. The minimum atomic E-state index is -0.360. The minimum Gasteiger partial charge on any atom is -0.335 e. The van der Waals surface area contributed by atoms with E-state index in [4.69, 9.17) is 0 Å². The van der Waals surface area contributed by atoms with Crippen LogP contribution in [0.25, 0.3) is 0 Å². The van der Waals surface area contributed by atoms with E-state index in [2.05, 4.69) is 27.8 Å². The van der Waals surface area contributed by atoms with Crippen molar-refractivity contribution >= 4 is 24.3 Å². The lowest BCUT2D eigenvalue weighted by atomic mass is 10.2. The fraction of sp³-hybridized carbons (Fsp3) is 0.818. The molecule has 0 radical (unpaired) electrons. The zero-order chi connectivity index (χ0) is 12.3. The first-order valence-electron chi connectivity index (χ1n) is 6.19. The van der Waals surface area contributed by atoms with Crippen LogP contribution in [-0.4, -0.2) is 55.1 Å². The molecular weight excluding hydrogens is 256 g/mol. The second kappa shape index (κ2) is 6.92. The molecule has 0 spiro atoms. The molecule has 1 aliphatic heterocycles. The highest BCUT2D eigenvalue weighted by Gasteiger charge is 2.24. The Balaban J connectivity index is 0.00000162. The van der Waals surface area contributed by atoms with Gasteiger partial charge in [-0.1, -0.05) is 0 Å². The summed E-state index contributed by atoms with van der Waals surface area (Å²) in [4.78, 5) is 25.0. The van der Waals surface area contributed by atoms with Crippen LogP contribution in [0.2, 0.25) is 0 Å². The lowest BCUT2D eigenvalue weighted by Gasteiger charge is -2.31. The Bertz CT molecular complexity index is 309. The number of hydrogen-bond donors (Lipinski definition) is 3. The van der Waals surface area contributed by atoms with Crippen LogP contribution in [0, 0.1) is 0 Å². The molecule has 0 aromatic rings. The SMILES string of the molecule is CC1CN(CC(=O)NC(=O)NC2CC2)CCN1.Cl. The monoisotopic (exact) mass is 276 g/mol. The molecule has 6 nitrogen and oxygen atoms in total. The number of carbonyl (C=O) groups is 2. The van der Waals surface area contributed by atoms with Crippen molar-refractivity contribution in [2.24, 2.45) is 0 Å². The van der Waals surface area contributed by atoms with Gasteiger partial charge in [0.2, 0.25) is 5.91 Å². The van der Waals surface area contributed by atoms with Crippen molar-refractivity contribution in [3.63, 3.8) is 0 Å². The van der Waals surface area contributed by atoms with Crippen molar-refractivity contribution < 1.29 is 9.59 Å². The molecule has 1 atom stereocenters. The summed E-state index contributed by atoms with van der Waals surface area (Å²) in [5.74, 6) is -0.225. The summed E-state index contributed by atoms with van der Waals surface area (Å²) in [7, 11) is 0. The normalized spacial score (nSPS) is 23.9. The summed E-state index contributed by atoms with van der Waals surface area (Å²) in [6, 6.07) is 0.319. The number of nitrogens with zero attached hydrogens (tertiary/aromatic N) is 1. The Hall–Kier alpha value is -0.850. The molecule has 2 fully saturated rings. The quantitative estimate of drug-likeness (QED) is 0.661. The standard InChI is InChI=1S/C11H20N4O2.ClH/c1-8-6-15(5-4-12-8)7-10(16)14-11(17)13-9-2-3-9;/h8-9,12H,2-7H2,1H3,(H2,13,14,16,17);1H. The van der Waals surface area contributed by atoms with Gasteiger partial charge < -0.3 is 10.6 Å². The zero-order valence-corrected chi connectivity index (χ0v) is 11.4. The number of imide groups is 1. The van der Waals surface area contributed by atoms with Crippen LogP contribution in [0.3, 0.4) is 0 Å². The van der Waals surface area contributed by atoms with Gasteiger partial charge >= 0.3 is 6.03 Å². The van der Waals surface area contributed by atoms with Crippen molar-refractivity contribution in [3.05, 3.63) is 0 Å². The Morgan fingerprint density at radius 3 is 2.72 bits per heavy atom. The van der Waals surface area contributed by atoms with Crippen LogP contribution in [-0.2, 0) is 4.79 Å². The number of nitrogens with one attached hydrogen (secondary N) is 3. The maximum absolute atomic E-state index is 11.6. The summed E-state index contributed by atoms with van der Waals surface area (Å²) in [5.41, 5.74) is 0. The number of halogens is 1. The highest BCUT2D eigenvalue weighted by Crippen LogP contribution is 2.18. The molecular formula is C11H21ClN4O2. The highest BCUT2D eigenvalue weighted by atomic mass is 35.5. The summed E-state index contributed by atoms with van der Waals surface area (Å²) >= 11 is 0. The molecule has 1 saturated heterocycles. The molecule has 7 heteroatoms. The summed E-state index contributed by atoms with van der Waals surface area (Å²) in [5, 5.41) is 8.40. The number of piperazine rings is 1. The van der Waals surface area contributed by atoms with Gasteiger partial charge in [-0.25, -0.2) is 4.79 Å². The van der Waals surface area contributed by atoms with E-state index >= 15 is 0 Å². The second-order valence-corrected chi connectivity index (χ2v) is 4.89. The van der Waals surface area contributed by atoms with Gasteiger partial charge in [0.1, 0.15) is 0 Å². The van der Waals surface area contributed by atoms with Crippen LogP contribution >= 0.6 is 12.4 Å². The number of rotatable bonds is 3. The second-order valence-electron chi connectivity index (χ2n) is 4.89. The van der Waals surface area contributed by atoms with E-state index in [-0.39, 0.29) is 30.4 Å². The maximum Gasteiger partial charge on any atom is 0.321 e. The van der Waals surface area contributed by atoms with Gasteiger partial charge in [-0.15, -0.1) is 12.4 Å². The summed E-state index contributed by atoms with van der Waals surface area (Å²) < 4.78 is 0. The van der Waals surface area contributed by atoms with Gasteiger partial charge in [0.25, 0.3) is 0 Å². The first-order chi connectivity index (χ1) is 8.13. The van der Waals surface area contributed by atoms with E-state index in [9.17, 15) is 9.59 Å². The first-order valence-corrected chi connectivity index (χ1v) is 6.19. The largest absolute Gasteiger partial charge is 0.335 e. The van der Waals surface area contributed by atoms with Crippen molar-refractivity contribution in [3.8, 4) is 0 Å². The average Bonchev–Trinajstić information content (AvgIpc) is 3.00. The van der Waals surface area contributed by atoms with Crippen molar-refractivity contribution in [1.82, 2.24) is 20.9 Å². The average molecular weight is 277 g/mol. The van der Waals surface area contributed by atoms with Gasteiger partial charge in [0.15, 0.2) is 0 Å². The molecule has 0 aromatic carbocycles. The predicted octanol–water partition coefficient (Wildman–Crippen LogP) is -0.310. The van der Waals surface area contributed by atoms with Gasteiger partial charge in [-0.05, 0) is 19.8 Å². The van der Waals surface area contributed by atoms with Gasteiger partial charge in [0, 0.05) is 31.7 Å². The first kappa shape index (κ1) is 15.2. The number of hydrogen-bond acceptors (Lipinski definition) is 4. The lowest BCUT2D eigenvalue weighted by Crippen LogP contribution is -2.53. The van der Waals surface area contributed by atoms with Crippen LogP contribution in [0.1, 0.15) is 19.8 Å². The molecule has 104 valence electrons. The topological polar surface area (TPSA) is 73.5 Å². The van der Waals surface area contributed by atoms with Gasteiger partial charge in [-0.2, -0.15) is 0 Å². The van der Waals surface area contributed by atoms with Crippen LogP contribution < -0.4 is 16.0 Å². The predicted molar refractivity (Wildman–Crippen MR) is 70.8 cm³/mol. The molecule has 1 aliphatic carbocycles. The van der Waals surface area contributed by atoms with Crippen LogP contribution in [0.4, 0.5) is 4.79 Å². The van der Waals surface area contributed by atoms with Gasteiger partial charge in [0.05, 0.1) is 6.54 Å². The molecule has 2 aliphatic rings. The van der Waals surface area contributed by atoms with E-state index in [0.29, 0.717) is 12.6 Å². The molecule has 0 aromatic heterocycles. The summed E-state index contributed by atoms with van der Waals surface area (Å²) in [6.07, 6.45) is 2.05. The zero-order valence-electron chi connectivity index (χ0n) is 10.6. The van der Waals surface area contributed by atoms with Crippen LogP contribution in [0.15, 0.2) is 0 Å². The fourth-order valence-electron chi connectivity index (χ4n) is 1.97. The Labute approximate surface area is 113 Å². The van der Waals surface area contributed by atoms with Crippen LogP contribution in [0.5, 0.6) is 0 Å². The van der Waals surface area contributed by atoms with E-state index < -0.39 is 0 Å². The third-order valence-electron chi connectivity index (χ3n) is 2.99. The third kappa shape index (κ3) is 5.20. The van der Waals surface area contributed by atoms with E-state index in [1.165, 1.54) is 0 Å². The number of urea groups is 1. The molecule has 3 amide bonds. The Morgan fingerprint density at radius 2 is 2.11 bits per heavy atom. The molecule has 1 unspecified atom stereocenters. The lowest BCUT2D eigenvalue weighted by molar-refractivity contribution is -0.121. The molecule has 0 bridgehead atoms. The van der Waals surface area contributed by atoms with E-state index in [1.807, 2.05) is 0 Å². The Morgan fingerprint density at radius 1 is 1.39 bits per heavy atom. The minimum absolute atomic E-state index is 0. The number of carbonyl (C=O) groups excluding carboxylic acids is 2. The highest BCUT2D eigenvalue weighted by molar-refractivity contribution is 5.95. The molecule has 18 heavy (non-hydrogen) atoms. The van der Waals surface area contributed by atoms with Crippen molar-refractivity contribution in [2.75, 3.05) is 26.2 Å². The molecule has 1 saturated carbocycles. The van der Waals surface area contributed by atoms with Crippen molar-refractivity contribution in [2.45, 2.75) is 31.8 Å². The smallest absolute Gasteiger partial charge is 0.321 e. The Kier molecular flexibility index (Phi) is 5.84. The molecule has 3 N–H and O–H groups in total. The van der Waals surface area contributed by atoms with Gasteiger partial charge in [-0.3, -0.25) is 15.0 Å².